The highest BCUT2D eigenvalue weighted by molar-refractivity contribution is 5.72. The number of carbonyl (C=O) groups excluding carboxylic acids is 1. The summed E-state index contributed by atoms with van der Waals surface area (Å²) in [6, 6.07) is 13.0. The Balaban J connectivity index is 2.27. The Morgan fingerprint density at radius 3 is 2.50 bits per heavy atom. The molecule has 78 valence electrons. The van der Waals surface area contributed by atoms with Crippen LogP contribution >= 0.6 is 0 Å². The SMILES string of the molecule is N#CCc1ccc(-c2ccc(C=O)o2)cc1. The average Bonchev–Trinajstić information content (AvgIpc) is 2.79. The Labute approximate surface area is 92.9 Å². The molecule has 3 nitrogen and oxygen atoms in total. The molecule has 0 saturated heterocycles. The summed E-state index contributed by atoms with van der Waals surface area (Å²) in [6.45, 7) is 0. The van der Waals surface area contributed by atoms with Crippen LogP contribution in [0.1, 0.15) is 16.1 Å². The van der Waals surface area contributed by atoms with E-state index in [1.807, 2.05) is 24.3 Å². The molecule has 3 heteroatoms. The van der Waals surface area contributed by atoms with E-state index in [1.165, 1.54) is 0 Å². The number of rotatable bonds is 3. The number of carbonyl (C=O) groups is 1. The number of nitriles is 1. The van der Waals surface area contributed by atoms with Gasteiger partial charge in [-0.15, -0.1) is 0 Å². The first-order valence-electron chi connectivity index (χ1n) is 4.85. The van der Waals surface area contributed by atoms with Gasteiger partial charge in [0.05, 0.1) is 12.5 Å². The predicted octanol–water partition coefficient (Wildman–Crippen LogP) is 2.83. The number of benzene rings is 1. The molecule has 0 aliphatic rings. The summed E-state index contributed by atoms with van der Waals surface area (Å²) in [5.41, 5.74) is 1.86. The minimum Gasteiger partial charge on any atom is -0.453 e. The molecule has 16 heavy (non-hydrogen) atoms. The van der Waals surface area contributed by atoms with Gasteiger partial charge in [-0.3, -0.25) is 4.79 Å². The molecule has 0 N–H and O–H groups in total. The zero-order valence-electron chi connectivity index (χ0n) is 8.51. The molecule has 0 fully saturated rings. The van der Waals surface area contributed by atoms with Gasteiger partial charge in [-0.2, -0.15) is 5.26 Å². The van der Waals surface area contributed by atoms with Crippen LogP contribution in [-0.4, -0.2) is 6.29 Å². The lowest BCUT2D eigenvalue weighted by Crippen LogP contribution is -1.81. The lowest BCUT2D eigenvalue weighted by Gasteiger charge is -1.98. The molecule has 0 bridgehead atoms. The van der Waals surface area contributed by atoms with E-state index in [0.717, 1.165) is 11.1 Å². The van der Waals surface area contributed by atoms with Crippen LogP contribution in [0.4, 0.5) is 0 Å². The lowest BCUT2D eigenvalue weighted by molar-refractivity contribution is 0.110. The van der Waals surface area contributed by atoms with Crippen LogP contribution in [0.2, 0.25) is 0 Å². The number of hydrogen-bond donors (Lipinski definition) is 0. The lowest BCUT2D eigenvalue weighted by atomic mass is 10.1. The van der Waals surface area contributed by atoms with Crippen molar-refractivity contribution in [1.82, 2.24) is 0 Å². The first kappa shape index (κ1) is 10.2. The number of aldehydes is 1. The molecule has 2 rings (SSSR count). The van der Waals surface area contributed by atoms with Gasteiger partial charge in [-0.1, -0.05) is 24.3 Å². The number of hydrogen-bond acceptors (Lipinski definition) is 3. The Bertz CT molecular complexity index is 532. The fraction of sp³-hybridized carbons (Fsp3) is 0.0769. The molecule has 0 spiro atoms. The highest BCUT2D eigenvalue weighted by atomic mass is 16.3. The summed E-state index contributed by atoms with van der Waals surface area (Å²) in [4.78, 5) is 10.5. The quantitative estimate of drug-likeness (QED) is 0.733. The minimum atomic E-state index is 0.316. The molecular formula is C13H9NO2. The van der Waals surface area contributed by atoms with Gasteiger partial charge in [0, 0.05) is 5.56 Å². The van der Waals surface area contributed by atoms with Crippen LogP contribution < -0.4 is 0 Å². The van der Waals surface area contributed by atoms with Gasteiger partial charge in [-0.05, 0) is 17.7 Å². The molecule has 0 aliphatic heterocycles. The Morgan fingerprint density at radius 1 is 1.19 bits per heavy atom. The van der Waals surface area contributed by atoms with Gasteiger partial charge in [0.25, 0.3) is 0 Å². The van der Waals surface area contributed by atoms with Gasteiger partial charge in [0.1, 0.15) is 5.76 Å². The summed E-state index contributed by atoms with van der Waals surface area (Å²) in [5.74, 6) is 0.974. The van der Waals surface area contributed by atoms with Gasteiger partial charge in [0.2, 0.25) is 0 Å². The molecule has 0 saturated carbocycles. The second-order valence-corrected chi connectivity index (χ2v) is 3.35. The van der Waals surface area contributed by atoms with Crippen LogP contribution in [0.3, 0.4) is 0 Å². The molecular weight excluding hydrogens is 202 g/mol. The second-order valence-electron chi connectivity index (χ2n) is 3.35. The van der Waals surface area contributed by atoms with E-state index in [9.17, 15) is 4.79 Å². The standard InChI is InChI=1S/C13H9NO2/c14-8-7-10-1-3-11(4-2-10)13-6-5-12(9-15)16-13/h1-6,9H,7H2. The summed E-state index contributed by atoms with van der Waals surface area (Å²) >= 11 is 0. The van der Waals surface area contributed by atoms with E-state index < -0.39 is 0 Å². The molecule has 1 aromatic carbocycles. The topological polar surface area (TPSA) is 54.0 Å². The third-order valence-electron chi connectivity index (χ3n) is 2.26. The highest BCUT2D eigenvalue weighted by Crippen LogP contribution is 2.21. The zero-order chi connectivity index (χ0) is 11.4. The van der Waals surface area contributed by atoms with Gasteiger partial charge < -0.3 is 4.42 Å². The van der Waals surface area contributed by atoms with Crippen molar-refractivity contribution in [3.05, 3.63) is 47.7 Å². The van der Waals surface area contributed by atoms with Crippen LogP contribution in [0.25, 0.3) is 11.3 Å². The van der Waals surface area contributed by atoms with Crippen LogP contribution in [0.5, 0.6) is 0 Å². The fourth-order valence-electron chi connectivity index (χ4n) is 1.45. The normalized spacial score (nSPS) is 9.69. The van der Waals surface area contributed by atoms with Crippen molar-refractivity contribution in [1.29, 1.82) is 5.26 Å². The van der Waals surface area contributed by atoms with Crippen LogP contribution in [-0.2, 0) is 6.42 Å². The van der Waals surface area contributed by atoms with E-state index in [1.54, 1.807) is 12.1 Å². The largest absolute Gasteiger partial charge is 0.453 e. The molecule has 1 aromatic heterocycles. The maximum atomic E-state index is 10.5. The van der Waals surface area contributed by atoms with Crippen molar-refractivity contribution in [2.45, 2.75) is 6.42 Å². The van der Waals surface area contributed by atoms with Gasteiger partial charge in [0.15, 0.2) is 12.0 Å². The Hall–Kier alpha value is -2.34. The maximum Gasteiger partial charge on any atom is 0.185 e. The van der Waals surface area contributed by atoms with Crippen LogP contribution in [0, 0.1) is 11.3 Å². The summed E-state index contributed by atoms with van der Waals surface area (Å²) in [7, 11) is 0. The first-order chi connectivity index (χ1) is 7.83. The van der Waals surface area contributed by atoms with E-state index in [-0.39, 0.29) is 0 Å². The van der Waals surface area contributed by atoms with Crippen molar-refractivity contribution in [2.24, 2.45) is 0 Å². The van der Waals surface area contributed by atoms with Crippen molar-refractivity contribution < 1.29 is 9.21 Å². The molecule has 2 aromatic rings. The predicted molar refractivity (Wildman–Crippen MR) is 58.8 cm³/mol. The van der Waals surface area contributed by atoms with Crippen LogP contribution in [0.15, 0.2) is 40.8 Å². The summed E-state index contributed by atoms with van der Waals surface area (Å²) in [6.07, 6.45) is 1.07. The highest BCUT2D eigenvalue weighted by Gasteiger charge is 2.03. The Kier molecular flexibility index (Phi) is 2.84. The Morgan fingerprint density at radius 2 is 1.94 bits per heavy atom. The van der Waals surface area contributed by atoms with Crippen molar-refractivity contribution >= 4 is 6.29 Å². The van der Waals surface area contributed by atoms with Gasteiger partial charge in [-0.25, -0.2) is 0 Å². The first-order valence-corrected chi connectivity index (χ1v) is 4.85. The van der Waals surface area contributed by atoms with Gasteiger partial charge >= 0.3 is 0 Å². The molecule has 0 aliphatic carbocycles. The van der Waals surface area contributed by atoms with Crippen molar-refractivity contribution in [2.75, 3.05) is 0 Å². The van der Waals surface area contributed by atoms with E-state index >= 15 is 0 Å². The molecule has 0 unspecified atom stereocenters. The third-order valence-corrected chi connectivity index (χ3v) is 2.26. The number of nitrogens with zero attached hydrogens (tertiary/aromatic N) is 1. The zero-order valence-corrected chi connectivity index (χ0v) is 8.51. The molecule has 0 atom stereocenters. The fourth-order valence-corrected chi connectivity index (χ4v) is 1.45. The van der Waals surface area contributed by atoms with E-state index in [0.29, 0.717) is 24.2 Å². The smallest absolute Gasteiger partial charge is 0.185 e. The van der Waals surface area contributed by atoms with E-state index in [2.05, 4.69) is 6.07 Å². The average molecular weight is 211 g/mol. The third kappa shape index (κ3) is 2.01. The minimum absolute atomic E-state index is 0.316. The molecule has 0 radical (unpaired) electrons. The monoisotopic (exact) mass is 211 g/mol. The second kappa shape index (κ2) is 4.45. The summed E-state index contributed by atoms with van der Waals surface area (Å²) < 4.78 is 5.29. The van der Waals surface area contributed by atoms with Crippen molar-refractivity contribution in [3.8, 4) is 17.4 Å². The van der Waals surface area contributed by atoms with E-state index in [4.69, 9.17) is 9.68 Å². The number of furan rings is 1. The summed E-state index contributed by atoms with van der Waals surface area (Å²) in [5, 5.41) is 8.53. The maximum absolute atomic E-state index is 10.5. The molecule has 1 heterocycles. The molecule has 0 amide bonds. The van der Waals surface area contributed by atoms with Crippen molar-refractivity contribution in [3.63, 3.8) is 0 Å².